The van der Waals surface area contributed by atoms with Crippen LogP contribution in [0.1, 0.15) is 28.9 Å². The number of hydrogen-bond acceptors (Lipinski definition) is 1. The van der Waals surface area contributed by atoms with Crippen LogP contribution in [-0.2, 0) is 5.54 Å². The van der Waals surface area contributed by atoms with E-state index in [1.807, 2.05) is 71.5 Å². The summed E-state index contributed by atoms with van der Waals surface area (Å²) in [6, 6.07) is 20.1. The minimum atomic E-state index is -0.239. The van der Waals surface area contributed by atoms with E-state index in [4.69, 9.17) is 0 Å². The van der Waals surface area contributed by atoms with Gasteiger partial charge in [0.05, 0.1) is 17.3 Å². The number of aromatic nitrogens is 3. The van der Waals surface area contributed by atoms with E-state index in [1.54, 1.807) is 0 Å². The number of amides is 1. The second-order valence-electron chi connectivity index (χ2n) is 7.00. The molecule has 5 heteroatoms. The van der Waals surface area contributed by atoms with E-state index in [0.717, 1.165) is 29.7 Å². The van der Waals surface area contributed by atoms with E-state index in [1.165, 1.54) is 5.56 Å². The molecule has 1 aromatic carbocycles. The Bertz CT molecular complexity index is 1110. The smallest absolute Gasteiger partial charge is 0.296 e. The van der Waals surface area contributed by atoms with Crippen LogP contribution in [0.4, 0.5) is 0 Å². The van der Waals surface area contributed by atoms with Crippen molar-refractivity contribution in [3.8, 4) is 11.4 Å². The third kappa shape index (κ3) is 2.68. The lowest BCUT2D eigenvalue weighted by Crippen LogP contribution is -2.35. The van der Waals surface area contributed by atoms with E-state index < -0.39 is 0 Å². The number of fused-ring (bicyclic) bond motifs is 1. The highest BCUT2D eigenvalue weighted by Gasteiger charge is 2.46. The Morgan fingerprint density at radius 2 is 1.74 bits per heavy atom. The lowest BCUT2D eigenvalue weighted by atomic mass is 10.0. The van der Waals surface area contributed by atoms with E-state index in [-0.39, 0.29) is 11.4 Å². The first-order chi connectivity index (χ1) is 13.3. The Labute approximate surface area is 156 Å². The van der Waals surface area contributed by atoms with Crippen molar-refractivity contribution in [3.05, 3.63) is 90.5 Å². The number of pyridine rings is 2. The summed E-state index contributed by atoms with van der Waals surface area (Å²) in [6.07, 6.45) is 7.66. The van der Waals surface area contributed by atoms with Crippen LogP contribution in [0.25, 0.3) is 16.9 Å². The minimum absolute atomic E-state index is 0.0752. The highest BCUT2D eigenvalue weighted by molar-refractivity contribution is 5.99. The van der Waals surface area contributed by atoms with Crippen LogP contribution < -0.4 is 14.7 Å². The third-order valence-corrected chi connectivity index (χ3v) is 5.25. The van der Waals surface area contributed by atoms with Gasteiger partial charge in [0.25, 0.3) is 11.7 Å². The van der Waals surface area contributed by atoms with Crippen LogP contribution in [0.2, 0.25) is 0 Å². The third-order valence-electron chi connectivity index (χ3n) is 5.25. The summed E-state index contributed by atoms with van der Waals surface area (Å²) >= 11 is 0. The van der Waals surface area contributed by atoms with Crippen molar-refractivity contribution in [3.63, 3.8) is 0 Å². The fourth-order valence-corrected chi connectivity index (χ4v) is 3.66. The summed E-state index contributed by atoms with van der Waals surface area (Å²) in [6.45, 7) is 0. The number of nitrogens with zero attached hydrogens (tertiary/aromatic N) is 1. The van der Waals surface area contributed by atoms with Crippen LogP contribution in [-0.4, -0.2) is 10.9 Å². The van der Waals surface area contributed by atoms with E-state index >= 15 is 0 Å². The SMILES string of the molecule is O=C(NC1(c2ccccc2)CC1)c1[nH]c(-c2cc[nH+]cc2)[n+]2ccccc12. The molecule has 5 nitrogen and oxygen atoms in total. The van der Waals surface area contributed by atoms with Gasteiger partial charge < -0.3 is 5.32 Å². The number of nitrogens with one attached hydrogen (secondary N) is 3. The molecular weight excluding hydrogens is 336 g/mol. The van der Waals surface area contributed by atoms with Crippen LogP contribution in [0, 0.1) is 0 Å². The highest BCUT2D eigenvalue weighted by atomic mass is 16.2. The summed E-state index contributed by atoms with van der Waals surface area (Å²) in [5, 5.41) is 3.27. The Morgan fingerprint density at radius 1 is 1.00 bits per heavy atom. The fourth-order valence-electron chi connectivity index (χ4n) is 3.66. The second kappa shape index (κ2) is 6.06. The first kappa shape index (κ1) is 15.8. The Balaban J connectivity index is 1.55. The van der Waals surface area contributed by atoms with Gasteiger partial charge >= 0.3 is 0 Å². The number of rotatable bonds is 4. The standard InChI is InChI=1S/C22H18N4O/c27-21(25-22(11-12-22)17-6-2-1-3-7-17)19-18-8-4-5-15-26(18)20(24-19)16-9-13-23-14-10-16/h1-10,13-15H,11-12H2,(H,25,27)/p+2. The van der Waals surface area contributed by atoms with Gasteiger partial charge in [0.15, 0.2) is 17.9 Å². The first-order valence-electron chi connectivity index (χ1n) is 9.14. The van der Waals surface area contributed by atoms with Gasteiger partial charge in [-0.15, -0.1) is 0 Å². The quantitative estimate of drug-likeness (QED) is 0.543. The fraction of sp³-hybridized carbons (Fsp3) is 0.136. The topological polar surface area (TPSA) is 63.1 Å². The average molecular weight is 356 g/mol. The largest absolute Gasteiger partial charge is 0.339 e. The van der Waals surface area contributed by atoms with Crippen molar-refractivity contribution in [2.75, 3.05) is 0 Å². The molecule has 0 saturated heterocycles. The van der Waals surface area contributed by atoms with E-state index in [2.05, 4.69) is 27.4 Å². The average Bonchev–Trinajstić information content (AvgIpc) is 3.41. The zero-order valence-corrected chi connectivity index (χ0v) is 14.8. The maximum atomic E-state index is 13.2. The Morgan fingerprint density at radius 3 is 2.48 bits per heavy atom. The van der Waals surface area contributed by atoms with Crippen molar-refractivity contribution in [2.45, 2.75) is 18.4 Å². The van der Waals surface area contributed by atoms with Crippen LogP contribution in [0.15, 0.2) is 79.3 Å². The molecule has 132 valence electrons. The summed E-state index contributed by atoms with van der Waals surface area (Å²) in [5.74, 6) is 0.808. The maximum absolute atomic E-state index is 13.2. The second-order valence-corrected chi connectivity index (χ2v) is 7.00. The molecule has 5 rings (SSSR count). The number of carbonyl (C=O) groups excluding carboxylic acids is 1. The van der Waals surface area contributed by atoms with Crippen molar-refractivity contribution in [1.82, 2.24) is 10.3 Å². The predicted molar refractivity (Wildman–Crippen MR) is 101 cm³/mol. The first-order valence-corrected chi connectivity index (χ1v) is 9.14. The molecule has 3 aromatic heterocycles. The molecule has 27 heavy (non-hydrogen) atoms. The molecule has 0 unspecified atom stereocenters. The number of benzene rings is 1. The lowest BCUT2D eigenvalue weighted by molar-refractivity contribution is -0.498. The molecule has 4 aromatic rings. The molecule has 0 bridgehead atoms. The lowest BCUT2D eigenvalue weighted by Gasteiger charge is -2.16. The minimum Gasteiger partial charge on any atom is -0.339 e. The molecule has 1 aliphatic carbocycles. The number of aromatic amines is 2. The van der Waals surface area contributed by atoms with Gasteiger partial charge in [-0.25, -0.2) is 9.97 Å². The monoisotopic (exact) mass is 356 g/mol. The van der Waals surface area contributed by atoms with Crippen molar-refractivity contribution in [2.24, 2.45) is 0 Å². The molecular formula is C22H20N4O+2. The van der Waals surface area contributed by atoms with Gasteiger partial charge in [0.2, 0.25) is 5.69 Å². The van der Waals surface area contributed by atoms with Crippen LogP contribution in [0.5, 0.6) is 0 Å². The zero-order valence-electron chi connectivity index (χ0n) is 14.8. The number of hydrogen-bond donors (Lipinski definition) is 2. The van der Waals surface area contributed by atoms with Gasteiger partial charge in [-0.1, -0.05) is 36.4 Å². The van der Waals surface area contributed by atoms with E-state index in [0.29, 0.717) is 5.69 Å². The molecule has 1 fully saturated rings. The molecule has 0 spiro atoms. The molecule has 0 aliphatic heterocycles. The van der Waals surface area contributed by atoms with Crippen LogP contribution >= 0.6 is 0 Å². The summed E-state index contributed by atoms with van der Waals surface area (Å²) < 4.78 is 2.02. The summed E-state index contributed by atoms with van der Waals surface area (Å²) in [4.78, 5) is 19.6. The zero-order chi connectivity index (χ0) is 18.3. The van der Waals surface area contributed by atoms with Crippen LogP contribution in [0.3, 0.4) is 0 Å². The number of carbonyl (C=O) groups is 1. The molecule has 1 aliphatic rings. The molecule has 0 radical (unpaired) electrons. The van der Waals surface area contributed by atoms with Crippen molar-refractivity contribution in [1.29, 1.82) is 0 Å². The Kier molecular flexibility index (Phi) is 3.53. The summed E-state index contributed by atoms with van der Waals surface area (Å²) in [7, 11) is 0. The van der Waals surface area contributed by atoms with Gasteiger partial charge in [-0.3, -0.25) is 4.79 Å². The predicted octanol–water partition coefficient (Wildman–Crippen LogP) is 2.65. The van der Waals surface area contributed by atoms with Gasteiger partial charge in [-0.2, -0.15) is 4.40 Å². The van der Waals surface area contributed by atoms with Gasteiger partial charge in [0, 0.05) is 12.1 Å². The van der Waals surface area contributed by atoms with E-state index in [9.17, 15) is 4.79 Å². The Hall–Kier alpha value is -3.47. The maximum Gasteiger partial charge on any atom is 0.296 e. The van der Waals surface area contributed by atoms with Crippen molar-refractivity contribution < 1.29 is 14.2 Å². The molecule has 1 amide bonds. The molecule has 0 atom stereocenters. The number of H-pyrrole nitrogens is 2. The molecule has 1 saturated carbocycles. The van der Waals surface area contributed by atoms with Gasteiger partial charge in [-0.05, 0) is 30.5 Å². The highest BCUT2D eigenvalue weighted by Crippen LogP contribution is 2.45. The normalized spacial score (nSPS) is 14.8. The van der Waals surface area contributed by atoms with Gasteiger partial charge in [0.1, 0.15) is 0 Å². The molecule has 3 N–H and O–H groups in total. The number of imidazole rings is 1. The van der Waals surface area contributed by atoms with Crippen molar-refractivity contribution >= 4 is 11.4 Å². The molecule has 3 heterocycles. The summed E-state index contributed by atoms with van der Waals surface area (Å²) in [5.41, 5.74) is 3.39.